The van der Waals surface area contributed by atoms with Crippen LogP contribution < -0.4 is 5.32 Å². The molecule has 1 aromatic rings. The van der Waals surface area contributed by atoms with Gasteiger partial charge in [-0.15, -0.1) is 11.3 Å². The van der Waals surface area contributed by atoms with Crippen LogP contribution in [0.15, 0.2) is 11.4 Å². The summed E-state index contributed by atoms with van der Waals surface area (Å²) in [5.41, 5.74) is 1.70. The molecule has 1 N–H and O–H groups in total. The third kappa shape index (κ3) is 4.25. The molecule has 0 atom stereocenters. The van der Waals surface area contributed by atoms with Gasteiger partial charge in [0.05, 0.1) is 0 Å². The average Bonchev–Trinajstić information content (AvgIpc) is 2.44. The van der Waals surface area contributed by atoms with Crippen molar-refractivity contribution >= 4 is 11.3 Å². The van der Waals surface area contributed by atoms with Crippen molar-refractivity contribution in [2.75, 3.05) is 6.54 Å². The van der Waals surface area contributed by atoms with Crippen molar-refractivity contribution in [2.45, 2.75) is 46.1 Å². The molecule has 1 heterocycles. The molecule has 0 unspecified atom stereocenters. The van der Waals surface area contributed by atoms with E-state index in [2.05, 4.69) is 44.5 Å². The molecule has 0 fully saturated rings. The number of hydrogen-bond donors (Lipinski definition) is 1. The maximum Gasteiger partial charge on any atom is 0.00965 e. The van der Waals surface area contributed by atoms with E-state index < -0.39 is 0 Å². The molecule has 0 radical (unpaired) electrons. The molecular formula is C12H21NS. The lowest BCUT2D eigenvalue weighted by molar-refractivity contribution is 0.422. The SMILES string of the molecule is Cc1ccsc1CCCNC(C)(C)C. The largest absolute Gasteiger partial charge is 0.312 e. The van der Waals surface area contributed by atoms with Crippen LogP contribution in [-0.2, 0) is 6.42 Å². The minimum atomic E-state index is 0.254. The quantitative estimate of drug-likeness (QED) is 0.753. The predicted molar refractivity (Wildman–Crippen MR) is 65.1 cm³/mol. The molecule has 0 saturated carbocycles. The highest BCUT2D eigenvalue weighted by atomic mass is 32.1. The van der Waals surface area contributed by atoms with E-state index >= 15 is 0 Å². The first-order chi connectivity index (χ1) is 6.49. The van der Waals surface area contributed by atoms with Crippen LogP contribution in [0.5, 0.6) is 0 Å². The molecule has 80 valence electrons. The van der Waals surface area contributed by atoms with Crippen LogP contribution in [0, 0.1) is 6.92 Å². The van der Waals surface area contributed by atoms with Crippen LogP contribution in [0.1, 0.15) is 37.6 Å². The number of thiophene rings is 1. The number of rotatable bonds is 4. The van der Waals surface area contributed by atoms with E-state index in [0.717, 1.165) is 6.54 Å². The van der Waals surface area contributed by atoms with Crippen LogP contribution in [0.3, 0.4) is 0 Å². The average molecular weight is 211 g/mol. The summed E-state index contributed by atoms with van der Waals surface area (Å²) in [6.07, 6.45) is 2.45. The van der Waals surface area contributed by atoms with Gasteiger partial charge in [0.25, 0.3) is 0 Å². The summed E-state index contributed by atoms with van der Waals surface area (Å²) in [7, 11) is 0. The first-order valence-corrected chi connectivity index (χ1v) is 6.15. The fraction of sp³-hybridized carbons (Fsp3) is 0.667. The zero-order chi connectivity index (χ0) is 10.6. The van der Waals surface area contributed by atoms with E-state index in [9.17, 15) is 0 Å². The van der Waals surface area contributed by atoms with Gasteiger partial charge < -0.3 is 5.32 Å². The first-order valence-electron chi connectivity index (χ1n) is 5.27. The zero-order valence-corrected chi connectivity index (χ0v) is 10.5. The number of hydrogen-bond acceptors (Lipinski definition) is 2. The Labute approximate surface area is 91.5 Å². The minimum Gasteiger partial charge on any atom is -0.312 e. The molecule has 0 saturated heterocycles. The van der Waals surface area contributed by atoms with Gasteiger partial charge >= 0.3 is 0 Å². The lowest BCUT2D eigenvalue weighted by atomic mass is 10.1. The molecule has 0 aromatic carbocycles. The first kappa shape index (κ1) is 11.7. The second-order valence-electron chi connectivity index (χ2n) is 4.81. The van der Waals surface area contributed by atoms with Gasteiger partial charge in [-0.25, -0.2) is 0 Å². The van der Waals surface area contributed by atoms with Crippen molar-refractivity contribution < 1.29 is 0 Å². The van der Waals surface area contributed by atoms with Gasteiger partial charge in [0, 0.05) is 10.4 Å². The highest BCUT2D eigenvalue weighted by Crippen LogP contribution is 2.17. The van der Waals surface area contributed by atoms with E-state index in [4.69, 9.17) is 0 Å². The van der Waals surface area contributed by atoms with Crippen molar-refractivity contribution in [3.8, 4) is 0 Å². The van der Waals surface area contributed by atoms with Crippen molar-refractivity contribution in [3.05, 3.63) is 21.9 Å². The highest BCUT2D eigenvalue weighted by molar-refractivity contribution is 7.10. The molecule has 1 aromatic heterocycles. The molecule has 1 rings (SSSR count). The van der Waals surface area contributed by atoms with Crippen molar-refractivity contribution in [2.24, 2.45) is 0 Å². The van der Waals surface area contributed by atoms with E-state index in [1.165, 1.54) is 18.4 Å². The maximum absolute atomic E-state index is 3.51. The molecule has 1 nitrogen and oxygen atoms in total. The summed E-state index contributed by atoms with van der Waals surface area (Å²) >= 11 is 1.88. The molecule has 0 spiro atoms. The molecular weight excluding hydrogens is 190 g/mol. The second kappa shape index (κ2) is 4.94. The smallest absolute Gasteiger partial charge is 0.00965 e. The standard InChI is InChI=1S/C12H21NS/c1-10-7-9-14-11(10)6-5-8-13-12(2,3)4/h7,9,13H,5-6,8H2,1-4H3. The normalized spacial score (nSPS) is 12.0. The molecule has 2 heteroatoms. The van der Waals surface area contributed by atoms with Crippen LogP contribution in [0.25, 0.3) is 0 Å². The summed E-state index contributed by atoms with van der Waals surface area (Å²) in [4.78, 5) is 1.54. The summed E-state index contributed by atoms with van der Waals surface area (Å²) in [5, 5.41) is 5.69. The topological polar surface area (TPSA) is 12.0 Å². The molecule has 0 aliphatic rings. The van der Waals surface area contributed by atoms with Gasteiger partial charge in [-0.2, -0.15) is 0 Å². The van der Waals surface area contributed by atoms with Gasteiger partial charge in [-0.05, 0) is 64.1 Å². The fourth-order valence-corrected chi connectivity index (χ4v) is 2.33. The third-order valence-corrected chi connectivity index (χ3v) is 3.29. The van der Waals surface area contributed by atoms with Gasteiger partial charge in [0.2, 0.25) is 0 Å². The molecule has 14 heavy (non-hydrogen) atoms. The minimum absolute atomic E-state index is 0.254. The van der Waals surface area contributed by atoms with E-state index in [-0.39, 0.29) is 5.54 Å². The lowest BCUT2D eigenvalue weighted by Crippen LogP contribution is -2.36. The van der Waals surface area contributed by atoms with Gasteiger partial charge in [-0.3, -0.25) is 0 Å². The summed E-state index contributed by atoms with van der Waals surface area (Å²) in [6.45, 7) is 9.94. The van der Waals surface area contributed by atoms with Crippen molar-refractivity contribution in [1.29, 1.82) is 0 Å². The highest BCUT2D eigenvalue weighted by Gasteiger charge is 2.07. The maximum atomic E-state index is 3.51. The van der Waals surface area contributed by atoms with Crippen LogP contribution >= 0.6 is 11.3 Å². The molecule has 0 aliphatic heterocycles. The van der Waals surface area contributed by atoms with Crippen molar-refractivity contribution in [1.82, 2.24) is 5.32 Å². The Hall–Kier alpha value is -0.340. The Morgan fingerprint density at radius 2 is 2.07 bits per heavy atom. The van der Waals surface area contributed by atoms with Gasteiger partial charge in [-0.1, -0.05) is 0 Å². The predicted octanol–water partition coefficient (Wildman–Crippen LogP) is 3.38. The fourth-order valence-electron chi connectivity index (χ4n) is 1.37. The number of nitrogens with one attached hydrogen (secondary N) is 1. The molecule has 0 amide bonds. The van der Waals surface area contributed by atoms with Crippen molar-refractivity contribution in [3.63, 3.8) is 0 Å². The Morgan fingerprint density at radius 1 is 1.36 bits per heavy atom. The number of aryl methyl sites for hydroxylation is 2. The summed E-state index contributed by atoms with van der Waals surface area (Å²) in [6, 6.07) is 2.21. The van der Waals surface area contributed by atoms with Gasteiger partial charge in [0.1, 0.15) is 0 Å². The van der Waals surface area contributed by atoms with E-state index in [0.29, 0.717) is 0 Å². The van der Waals surface area contributed by atoms with Crippen LogP contribution in [0.4, 0.5) is 0 Å². The third-order valence-electron chi connectivity index (χ3n) is 2.20. The Morgan fingerprint density at radius 3 is 2.57 bits per heavy atom. The van der Waals surface area contributed by atoms with Crippen LogP contribution in [-0.4, -0.2) is 12.1 Å². The van der Waals surface area contributed by atoms with Gasteiger partial charge in [0.15, 0.2) is 0 Å². The van der Waals surface area contributed by atoms with E-state index in [1.807, 2.05) is 11.3 Å². The monoisotopic (exact) mass is 211 g/mol. The van der Waals surface area contributed by atoms with Crippen LogP contribution in [0.2, 0.25) is 0 Å². The lowest BCUT2D eigenvalue weighted by Gasteiger charge is -2.20. The summed E-state index contributed by atoms with van der Waals surface area (Å²) < 4.78 is 0. The molecule has 0 aliphatic carbocycles. The van der Waals surface area contributed by atoms with E-state index in [1.54, 1.807) is 4.88 Å². The second-order valence-corrected chi connectivity index (χ2v) is 5.81. The Bertz CT molecular complexity index is 270. The molecule has 0 bridgehead atoms. The summed E-state index contributed by atoms with van der Waals surface area (Å²) in [5.74, 6) is 0. The Kier molecular flexibility index (Phi) is 4.14. The Balaban J connectivity index is 2.20. The zero-order valence-electron chi connectivity index (χ0n) is 9.68.